The van der Waals surface area contributed by atoms with Crippen LogP contribution in [0.4, 0.5) is 0 Å². The normalized spacial score (nSPS) is 15.2. The first-order valence-corrected chi connectivity index (χ1v) is 12.1. The maximum absolute atomic E-state index is 13.2. The van der Waals surface area contributed by atoms with E-state index in [1.54, 1.807) is 41.3 Å². The maximum Gasteiger partial charge on any atom is 0.310 e. The van der Waals surface area contributed by atoms with E-state index in [9.17, 15) is 9.59 Å². The van der Waals surface area contributed by atoms with Gasteiger partial charge in [0.1, 0.15) is 18.1 Å². The van der Waals surface area contributed by atoms with Crippen LogP contribution in [0.3, 0.4) is 0 Å². The molecule has 0 radical (unpaired) electrons. The van der Waals surface area contributed by atoms with Gasteiger partial charge in [-0.3, -0.25) is 9.59 Å². The lowest BCUT2D eigenvalue weighted by molar-refractivity contribution is -0.148. The molecule has 2 aromatic carbocycles. The van der Waals surface area contributed by atoms with Gasteiger partial charge in [0, 0.05) is 18.5 Å². The van der Waals surface area contributed by atoms with Crippen LogP contribution in [0.25, 0.3) is 0 Å². The van der Waals surface area contributed by atoms with E-state index in [2.05, 4.69) is 0 Å². The van der Waals surface area contributed by atoms with Crippen LogP contribution >= 0.6 is 46.4 Å². The molecule has 1 amide bonds. The van der Waals surface area contributed by atoms with Crippen LogP contribution in [0.2, 0.25) is 20.1 Å². The van der Waals surface area contributed by atoms with Gasteiger partial charge in [-0.25, -0.2) is 0 Å². The molecule has 1 aliphatic heterocycles. The largest absolute Gasteiger partial charge is 0.466 e. The number of hydrogen-bond donors (Lipinski definition) is 0. The second kappa shape index (κ2) is 10.6. The molecule has 1 atom stereocenters. The molecule has 0 spiro atoms. The Hall–Kier alpha value is -2.18. The minimum Gasteiger partial charge on any atom is -0.466 e. The molecule has 0 N–H and O–H groups in total. The van der Waals surface area contributed by atoms with Crippen LogP contribution in [0.15, 0.2) is 46.9 Å². The van der Waals surface area contributed by atoms with Crippen molar-refractivity contribution in [3.8, 4) is 0 Å². The molecule has 178 valence electrons. The summed E-state index contributed by atoms with van der Waals surface area (Å²) in [4.78, 5) is 27.5. The van der Waals surface area contributed by atoms with E-state index in [1.165, 1.54) is 0 Å². The van der Waals surface area contributed by atoms with Crippen molar-refractivity contribution < 1.29 is 18.7 Å². The topological polar surface area (TPSA) is 59.8 Å². The summed E-state index contributed by atoms with van der Waals surface area (Å²) in [7, 11) is 0. The Balaban J connectivity index is 1.48. The second-order valence-electron chi connectivity index (χ2n) is 8.12. The molecule has 4 rings (SSSR count). The predicted molar refractivity (Wildman–Crippen MR) is 133 cm³/mol. The molecular formula is C25H21Cl4NO4. The molecule has 34 heavy (non-hydrogen) atoms. The summed E-state index contributed by atoms with van der Waals surface area (Å²) in [5.74, 6) is 1.02. The van der Waals surface area contributed by atoms with Crippen LogP contribution in [0.1, 0.15) is 34.3 Å². The van der Waals surface area contributed by atoms with Gasteiger partial charge in [0.25, 0.3) is 0 Å². The van der Waals surface area contributed by atoms with Crippen molar-refractivity contribution in [3.05, 3.63) is 90.8 Å². The Morgan fingerprint density at radius 1 is 0.941 bits per heavy atom. The fourth-order valence-corrected chi connectivity index (χ4v) is 4.69. The Kier molecular flexibility index (Phi) is 7.78. The minimum absolute atomic E-state index is 0.0131. The highest BCUT2D eigenvalue weighted by molar-refractivity contribution is 6.42. The van der Waals surface area contributed by atoms with Gasteiger partial charge >= 0.3 is 5.97 Å². The van der Waals surface area contributed by atoms with Gasteiger partial charge in [0.2, 0.25) is 5.91 Å². The van der Waals surface area contributed by atoms with Crippen molar-refractivity contribution in [1.82, 2.24) is 4.90 Å². The molecular weight excluding hydrogens is 520 g/mol. The summed E-state index contributed by atoms with van der Waals surface area (Å²) in [6, 6.07) is 11.6. The van der Waals surface area contributed by atoms with Gasteiger partial charge in [0.15, 0.2) is 0 Å². The van der Waals surface area contributed by atoms with Crippen molar-refractivity contribution in [1.29, 1.82) is 0 Å². The van der Waals surface area contributed by atoms with E-state index in [0.717, 1.165) is 22.6 Å². The molecule has 0 saturated heterocycles. The maximum atomic E-state index is 13.2. The highest BCUT2D eigenvalue weighted by Crippen LogP contribution is 2.33. The number of ether oxygens (including phenoxy) is 1. The second-order valence-corrected chi connectivity index (χ2v) is 9.75. The quantitative estimate of drug-likeness (QED) is 0.328. The summed E-state index contributed by atoms with van der Waals surface area (Å²) < 4.78 is 11.4. The van der Waals surface area contributed by atoms with Crippen molar-refractivity contribution >= 4 is 58.3 Å². The monoisotopic (exact) mass is 539 g/mol. The number of carbonyl (C=O) groups is 2. The fraction of sp³-hybridized carbons (Fsp3) is 0.280. The van der Waals surface area contributed by atoms with Crippen LogP contribution in [-0.2, 0) is 33.6 Å². The molecule has 2 heterocycles. The number of amides is 1. The zero-order valence-corrected chi connectivity index (χ0v) is 21.3. The zero-order valence-electron chi connectivity index (χ0n) is 18.2. The summed E-state index contributed by atoms with van der Waals surface area (Å²) in [6.07, 6.45) is 0.777. The average molecular weight is 541 g/mol. The molecule has 0 bridgehead atoms. The van der Waals surface area contributed by atoms with Crippen molar-refractivity contribution in [2.45, 2.75) is 32.2 Å². The number of aryl methyl sites for hydroxylation is 1. The number of furan rings is 1. The number of nitrogens with zero attached hydrogens (tertiary/aromatic N) is 1. The van der Waals surface area contributed by atoms with Crippen LogP contribution in [0, 0.1) is 6.92 Å². The highest BCUT2D eigenvalue weighted by Gasteiger charge is 2.34. The van der Waals surface area contributed by atoms with E-state index in [4.69, 9.17) is 55.6 Å². The lowest BCUT2D eigenvalue weighted by Crippen LogP contribution is -2.42. The lowest BCUT2D eigenvalue weighted by Gasteiger charge is -2.35. The molecule has 1 aliphatic rings. The van der Waals surface area contributed by atoms with Gasteiger partial charge in [0.05, 0.1) is 39.0 Å². The zero-order chi connectivity index (χ0) is 24.4. The summed E-state index contributed by atoms with van der Waals surface area (Å²) in [6.45, 7) is 2.32. The molecule has 0 saturated carbocycles. The van der Waals surface area contributed by atoms with Crippen molar-refractivity contribution in [2.24, 2.45) is 0 Å². The average Bonchev–Trinajstić information content (AvgIpc) is 3.17. The minimum atomic E-state index is -0.450. The third-order valence-electron chi connectivity index (χ3n) is 5.67. The third kappa shape index (κ3) is 5.72. The Morgan fingerprint density at radius 3 is 2.18 bits per heavy atom. The number of hydrogen-bond acceptors (Lipinski definition) is 4. The van der Waals surface area contributed by atoms with E-state index < -0.39 is 12.0 Å². The van der Waals surface area contributed by atoms with Gasteiger partial charge < -0.3 is 14.1 Å². The lowest BCUT2D eigenvalue weighted by atomic mass is 9.98. The first-order chi connectivity index (χ1) is 16.2. The Morgan fingerprint density at radius 2 is 1.56 bits per heavy atom. The van der Waals surface area contributed by atoms with Gasteiger partial charge in [-0.1, -0.05) is 58.5 Å². The number of esters is 1. The number of halogens is 4. The fourth-order valence-electron chi connectivity index (χ4n) is 4.05. The predicted octanol–water partition coefficient (Wildman–Crippen LogP) is 6.66. The number of carbonyl (C=O) groups excluding carboxylic acids is 2. The number of fused-ring (bicyclic) bond motifs is 1. The molecule has 1 aromatic heterocycles. The van der Waals surface area contributed by atoms with E-state index in [1.807, 2.05) is 13.0 Å². The summed E-state index contributed by atoms with van der Waals surface area (Å²) in [5.41, 5.74) is 2.30. The third-order valence-corrected chi connectivity index (χ3v) is 7.15. The number of benzene rings is 2. The molecule has 1 unspecified atom stereocenters. The first kappa shape index (κ1) is 24.9. The molecule has 9 heteroatoms. The van der Waals surface area contributed by atoms with E-state index in [-0.39, 0.29) is 25.4 Å². The van der Waals surface area contributed by atoms with E-state index in [0.29, 0.717) is 38.6 Å². The Bertz CT molecular complexity index is 1240. The molecule has 0 fully saturated rings. The first-order valence-electron chi connectivity index (χ1n) is 10.6. The van der Waals surface area contributed by atoms with Crippen molar-refractivity contribution in [3.63, 3.8) is 0 Å². The summed E-state index contributed by atoms with van der Waals surface area (Å²) >= 11 is 24.1. The SMILES string of the molecule is Cc1cc2c(o1)CCN(C(=O)Cc1ccc(Cl)c(Cl)c1)C2COC(=O)Cc1ccc(Cl)c(Cl)c1. The molecule has 0 aliphatic carbocycles. The van der Waals surface area contributed by atoms with Gasteiger partial charge in [-0.05, 0) is 48.4 Å². The smallest absolute Gasteiger partial charge is 0.310 e. The van der Waals surface area contributed by atoms with E-state index >= 15 is 0 Å². The van der Waals surface area contributed by atoms with Crippen LogP contribution < -0.4 is 0 Å². The molecule has 5 nitrogen and oxygen atoms in total. The standard InChI is InChI=1S/C25H21Cl4NO4/c1-14-8-17-22(13-33-25(32)12-16-3-5-19(27)21(29)10-16)30(7-6-23(17)34-14)24(31)11-15-2-4-18(26)20(28)9-15/h2-5,8-10,22H,6-7,11-13H2,1H3. The highest BCUT2D eigenvalue weighted by atomic mass is 35.5. The van der Waals surface area contributed by atoms with Gasteiger partial charge in [-0.15, -0.1) is 0 Å². The summed E-state index contributed by atoms with van der Waals surface area (Å²) in [5, 5.41) is 1.61. The van der Waals surface area contributed by atoms with Crippen molar-refractivity contribution in [2.75, 3.05) is 13.2 Å². The van der Waals surface area contributed by atoms with Crippen LogP contribution in [0.5, 0.6) is 0 Å². The Labute approximate surface area is 217 Å². The van der Waals surface area contributed by atoms with Crippen LogP contribution in [-0.4, -0.2) is 29.9 Å². The number of rotatable bonds is 6. The van der Waals surface area contributed by atoms with Gasteiger partial charge in [-0.2, -0.15) is 0 Å². The molecule has 3 aromatic rings.